The molecule has 31 heavy (non-hydrogen) atoms. The number of anilines is 1. The third kappa shape index (κ3) is 5.41. The summed E-state index contributed by atoms with van der Waals surface area (Å²) >= 11 is 6.20. The molecule has 1 aliphatic heterocycles. The number of amides is 3. The van der Waals surface area contributed by atoms with Gasteiger partial charge in [0, 0.05) is 25.7 Å². The predicted molar refractivity (Wildman–Crippen MR) is 121 cm³/mol. The molecule has 1 heterocycles. The largest absolute Gasteiger partial charge is 0.495 e. The zero-order valence-corrected chi connectivity index (χ0v) is 18.8. The zero-order chi connectivity index (χ0) is 22.4. The van der Waals surface area contributed by atoms with Crippen molar-refractivity contribution in [1.29, 1.82) is 0 Å². The number of ether oxygens (including phenoxy) is 2. The molecule has 7 nitrogen and oxygen atoms in total. The Morgan fingerprint density at radius 2 is 1.84 bits per heavy atom. The highest BCUT2D eigenvalue weighted by molar-refractivity contribution is 6.32. The number of carbonyl (C=O) groups is 2. The summed E-state index contributed by atoms with van der Waals surface area (Å²) < 4.78 is 10.5. The second-order valence-corrected chi connectivity index (χ2v) is 8.28. The number of methoxy groups -OCH3 is 2. The van der Waals surface area contributed by atoms with E-state index in [2.05, 4.69) is 10.6 Å². The van der Waals surface area contributed by atoms with Crippen molar-refractivity contribution in [2.75, 3.05) is 32.6 Å². The standard InChI is InChI=1S/C23H28ClN3O4/c1-23(21(28)25-14-16-8-5-4-6-9-16)10-7-11-27(15-23)22(29)26-18-12-17(24)19(30-2)13-20(18)31-3/h4-6,8-9,12-13H,7,10-11,14-15H2,1-3H3,(H,25,28)(H,26,29). The molecule has 0 aromatic heterocycles. The third-order valence-electron chi connectivity index (χ3n) is 5.54. The van der Waals surface area contributed by atoms with Gasteiger partial charge in [0.05, 0.1) is 30.3 Å². The third-order valence-corrected chi connectivity index (χ3v) is 5.84. The molecule has 2 aromatic rings. The molecule has 3 rings (SSSR count). The number of likely N-dealkylation sites (tertiary alicyclic amines) is 1. The van der Waals surface area contributed by atoms with Gasteiger partial charge < -0.3 is 25.0 Å². The van der Waals surface area contributed by atoms with Crippen LogP contribution in [0.4, 0.5) is 10.5 Å². The lowest BCUT2D eigenvalue weighted by Gasteiger charge is -2.39. The minimum Gasteiger partial charge on any atom is -0.495 e. The summed E-state index contributed by atoms with van der Waals surface area (Å²) in [6, 6.07) is 12.7. The summed E-state index contributed by atoms with van der Waals surface area (Å²) in [6.07, 6.45) is 1.46. The van der Waals surface area contributed by atoms with Crippen LogP contribution in [-0.2, 0) is 11.3 Å². The van der Waals surface area contributed by atoms with Crippen molar-refractivity contribution < 1.29 is 19.1 Å². The van der Waals surface area contributed by atoms with E-state index in [9.17, 15) is 9.59 Å². The molecule has 166 valence electrons. The lowest BCUT2D eigenvalue weighted by Crippen LogP contribution is -2.52. The number of nitrogens with zero attached hydrogens (tertiary/aromatic N) is 1. The first-order valence-corrected chi connectivity index (χ1v) is 10.5. The molecule has 8 heteroatoms. The number of carbonyl (C=O) groups excluding carboxylic acids is 2. The predicted octanol–water partition coefficient (Wildman–Crippen LogP) is 4.31. The van der Waals surface area contributed by atoms with Gasteiger partial charge >= 0.3 is 6.03 Å². The zero-order valence-electron chi connectivity index (χ0n) is 18.0. The van der Waals surface area contributed by atoms with Gasteiger partial charge in [-0.05, 0) is 31.4 Å². The normalized spacial score (nSPS) is 18.3. The SMILES string of the molecule is COc1cc(OC)c(NC(=O)N2CCCC(C)(C(=O)NCc3ccccc3)C2)cc1Cl. The van der Waals surface area contributed by atoms with Gasteiger partial charge in [0.15, 0.2) is 0 Å². The number of hydrogen-bond acceptors (Lipinski definition) is 4. The Balaban J connectivity index is 1.66. The maximum absolute atomic E-state index is 12.9. The molecule has 3 amide bonds. The molecule has 1 atom stereocenters. The maximum atomic E-state index is 12.9. The molecule has 2 aromatic carbocycles. The van der Waals surface area contributed by atoms with Crippen LogP contribution in [0, 0.1) is 5.41 Å². The minimum absolute atomic E-state index is 0.0566. The van der Waals surface area contributed by atoms with Crippen LogP contribution in [0.2, 0.25) is 5.02 Å². The molecule has 1 aliphatic rings. The van der Waals surface area contributed by atoms with E-state index in [1.54, 1.807) is 17.0 Å². The van der Waals surface area contributed by atoms with Gasteiger partial charge in [0.25, 0.3) is 0 Å². The van der Waals surface area contributed by atoms with E-state index in [1.165, 1.54) is 14.2 Å². The highest BCUT2D eigenvalue weighted by Gasteiger charge is 2.39. The van der Waals surface area contributed by atoms with Gasteiger partial charge in [-0.3, -0.25) is 4.79 Å². The molecular weight excluding hydrogens is 418 g/mol. The number of benzene rings is 2. The van der Waals surface area contributed by atoms with Gasteiger partial charge in [0.2, 0.25) is 5.91 Å². The molecule has 0 bridgehead atoms. The fourth-order valence-corrected chi connectivity index (χ4v) is 3.98. The Morgan fingerprint density at radius 3 is 2.52 bits per heavy atom. The number of halogens is 1. The minimum atomic E-state index is -0.661. The van der Waals surface area contributed by atoms with Crippen LogP contribution < -0.4 is 20.1 Å². The molecule has 1 unspecified atom stereocenters. The lowest BCUT2D eigenvalue weighted by molar-refractivity contribution is -0.132. The Labute approximate surface area is 187 Å². The number of hydrogen-bond donors (Lipinski definition) is 2. The Morgan fingerprint density at radius 1 is 1.13 bits per heavy atom. The highest BCUT2D eigenvalue weighted by Crippen LogP contribution is 2.36. The van der Waals surface area contributed by atoms with Crippen molar-refractivity contribution >= 4 is 29.2 Å². The molecule has 0 spiro atoms. The average molecular weight is 446 g/mol. The van der Waals surface area contributed by atoms with Gasteiger partial charge in [-0.15, -0.1) is 0 Å². The topological polar surface area (TPSA) is 79.9 Å². The van der Waals surface area contributed by atoms with Crippen LogP contribution in [0.1, 0.15) is 25.3 Å². The van der Waals surface area contributed by atoms with Crippen LogP contribution in [0.25, 0.3) is 0 Å². The second-order valence-electron chi connectivity index (χ2n) is 7.87. The molecule has 2 N–H and O–H groups in total. The van der Waals surface area contributed by atoms with Crippen LogP contribution >= 0.6 is 11.6 Å². The Bertz CT molecular complexity index is 938. The quantitative estimate of drug-likeness (QED) is 0.694. The van der Waals surface area contributed by atoms with E-state index < -0.39 is 5.41 Å². The van der Waals surface area contributed by atoms with Gasteiger partial charge in [-0.2, -0.15) is 0 Å². The number of nitrogens with one attached hydrogen (secondary N) is 2. The van der Waals surface area contributed by atoms with E-state index in [0.29, 0.717) is 41.8 Å². The molecule has 1 fully saturated rings. The molecule has 0 saturated carbocycles. The second kappa shape index (κ2) is 9.92. The van der Waals surface area contributed by atoms with Crippen molar-refractivity contribution in [2.45, 2.75) is 26.3 Å². The van der Waals surface area contributed by atoms with Gasteiger partial charge in [-0.1, -0.05) is 41.9 Å². The smallest absolute Gasteiger partial charge is 0.321 e. The van der Waals surface area contributed by atoms with Crippen LogP contribution in [-0.4, -0.2) is 44.1 Å². The summed E-state index contributed by atoms with van der Waals surface area (Å²) in [5.74, 6) is 0.839. The first-order chi connectivity index (χ1) is 14.9. The van der Waals surface area contributed by atoms with Gasteiger partial charge in [0.1, 0.15) is 11.5 Å². The first kappa shape index (κ1) is 22.7. The summed E-state index contributed by atoms with van der Waals surface area (Å²) in [5, 5.41) is 6.22. The van der Waals surface area contributed by atoms with Crippen molar-refractivity contribution in [2.24, 2.45) is 5.41 Å². The van der Waals surface area contributed by atoms with Gasteiger partial charge in [-0.25, -0.2) is 4.79 Å². The van der Waals surface area contributed by atoms with Crippen molar-refractivity contribution in [3.63, 3.8) is 0 Å². The van der Waals surface area contributed by atoms with E-state index in [-0.39, 0.29) is 11.9 Å². The molecular formula is C23H28ClN3O4. The monoisotopic (exact) mass is 445 g/mol. The maximum Gasteiger partial charge on any atom is 0.321 e. The van der Waals surface area contributed by atoms with Crippen molar-refractivity contribution in [3.05, 3.63) is 53.1 Å². The van der Waals surface area contributed by atoms with Crippen LogP contribution in [0.15, 0.2) is 42.5 Å². The summed E-state index contributed by atoms with van der Waals surface area (Å²) in [6.45, 7) is 3.26. The van der Waals surface area contributed by atoms with Crippen LogP contribution in [0.3, 0.4) is 0 Å². The molecule has 0 radical (unpaired) electrons. The average Bonchev–Trinajstić information content (AvgIpc) is 2.78. The number of rotatable bonds is 6. The molecule has 0 aliphatic carbocycles. The first-order valence-electron chi connectivity index (χ1n) is 10.2. The van der Waals surface area contributed by atoms with E-state index in [0.717, 1.165) is 18.4 Å². The molecule has 1 saturated heterocycles. The van der Waals surface area contributed by atoms with E-state index >= 15 is 0 Å². The fraction of sp³-hybridized carbons (Fsp3) is 0.391. The number of piperidine rings is 1. The summed E-state index contributed by atoms with van der Waals surface area (Å²) in [5.41, 5.74) is 0.818. The Kier molecular flexibility index (Phi) is 7.28. The summed E-state index contributed by atoms with van der Waals surface area (Å²) in [7, 11) is 3.02. The lowest BCUT2D eigenvalue weighted by atomic mass is 9.81. The Hall–Kier alpha value is -2.93. The van der Waals surface area contributed by atoms with Crippen LogP contribution in [0.5, 0.6) is 11.5 Å². The number of urea groups is 1. The van der Waals surface area contributed by atoms with Crippen molar-refractivity contribution in [3.8, 4) is 11.5 Å². The van der Waals surface area contributed by atoms with E-state index in [1.807, 2.05) is 37.3 Å². The summed E-state index contributed by atoms with van der Waals surface area (Å²) in [4.78, 5) is 27.5. The highest BCUT2D eigenvalue weighted by atomic mass is 35.5. The fourth-order valence-electron chi connectivity index (χ4n) is 3.74. The van der Waals surface area contributed by atoms with E-state index in [4.69, 9.17) is 21.1 Å². The van der Waals surface area contributed by atoms with Crippen molar-refractivity contribution in [1.82, 2.24) is 10.2 Å².